The molecule has 143 heavy (non-hydrogen) atoms. The van der Waals surface area contributed by atoms with Gasteiger partial charge in [-0.3, -0.25) is 95.9 Å². The van der Waals surface area contributed by atoms with Gasteiger partial charge in [-0.1, -0.05) is 111 Å². The first-order valence-electron chi connectivity index (χ1n) is 51.4. The normalized spacial score (nSPS) is 15.5. The first kappa shape index (κ1) is 132. The fourth-order valence-corrected chi connectivity index (χ4v) is 15.3. The molecule has 45 nitrogen and oxygen atoms in total. The van der Waals surface area contributed by atoms with E-state index < -0.39 is 233 Å². The van der Waals surface area contributed by atoms with Crippen molar-refractivity contribution in [1.29, 1.82) is 0 Å². The molecule has 20 amide bonds. The summed E-state index contributed by atoms with van der Waals surface area (Å²) in [6.45, 7) is 39.7. The molecular formula is C98H183N25O20. The number of carbonyl (C=O) groups is 20. The van der Waals surface area contributed by atoms with Crippen molar-refractivity contribution < 1.29 is 95.9 Å². The third-order valence-corrected chi connectivity index (χ3v) is 23.2. The number of carbonyl (C=O) groups excluding carboxylic acids is 20. The molecule has 0 saturated heterocycles. The molecule has 0 aliphatic heterocycles. The highest BCUT2D eigenvalue weighted by molar-refractivity contribution is 6.02. The number of nitrogens with two attached hydrogens (primary N) is 6. The Morgan fingerprint density at radius 2 is 0.280 bits per heavy atom. The summed E-state index contributed by atoms with van der Waals surface area (Å²) in [6.07, 6.45) is 5.30. The lowest BCUT2D eigenvalue weighted by Gasteiger charge is -2.29. The Morgan fingerprint density at radius 3 is 0.434 bits per heavy atom. The van der Waals surface area contributed by atoms with Crippen LogP contribution in [0.25, 0.3) is 0 Å². The summed E-state index contributed by atoms with van der Waals surface area (Å²) >= 11 is 0. The van der Waals surface area contributed by atoms with Crippen LogP contribution in [-0.4, -0.2) is 266 Å². The van der Waals surface area contributed by atoms with E-state index in [0.29, 0.717) is 70.8 Å². The highest BCUT2D eigenvalue weighted by Gasteiger charge is 2.40. The highest BCUT2D eigenvalue weighted by Crippen LogP contribution is 2.19. The van der Waals surface area contributed by atoms with Crippen molar-refractivity contribution in [2.45, 2.75) is 422 Å². The van der Waals surface area contributed by atoms with Gasteiger partial charge < -0.3 is 135 Å². The molecule has 0 aromatic heterocycles. The molecule has 0 heterocycles. The average molecular weight is 2030 g/mol. The quantitative estimate of drug-likeness (QED) is 0.0319. The zero-order valence-corrected chi connectivity index (χ0v) is 89.5. The largest absolute Gasteiger partial charge is 0.368 e. The first-order chi connectivity index (χ1) is 66.9. The summed E-state index contributed by atoms with van der Waals surface area (Å²) in [5.41, 5.74) is 34.4. The Kier molecular flexibility index (Phi) is 65.5. The lowest BCUT2D eigenvalue weighted by atomic mass is 10.00. The number of hydrogen-bond acceptors (Lipinski definition) is 25. The third-order valence-electron chi connectivity index (χ3n) is 23.2. The predicted octanol–water partition coefficient (Wildman–Crippen LogP) is -1.16. The standard InChI is InChI=1S/C98H183N25O20/c1-52(2)44-72(91(136)105-60(17)80(104)125)121-88(133)69(36-26-31-41-101)113-96(141)77(49-57(11)12)116-82(127)62(19)106-81(126)61(18)108-92(137)74(46-54(5)6)122-89(134)70(37-27-32-42-102)114-97(142)78(50-58(13)14)117-83(128)63(20)107-86(131)68(35-25-30-40-100)112-95(140)76(48-56(9)10)118-84(129)65(22)110-94(139)75(47-55(7)8)123-90(135)71(38-28-33-43-103)115-98(143)79(51-59(15)16)119-85(130)64(21)109-93(138)73(45-53(3)4)120-87(132)67(111-66(23)124)34-24-29-39-99/h52-65,67-79H,24-51,99-103H2,1-23H3,(H2,104,125)(H,105,136)(H,106,126)(H,107,131)(H,108,137)(H,109,138)(H,110,139)(H,111,124)(H,112,140)(H,113,141)(H,114,142)(H,115,143)(H,116,127)(H,117,128)(H,118,129)(H,119,130)(H,120,132)(H,121,133)(H,122,134)(H,123,135)/t60-,61-,62-,63-,64-,65-,67-,68-,69-,70-,71-,72-,73-,74?,75-,76-,77-,78?,79-/m0/s1. The molecule has 0 bridgehead atoms. The molecule has 45 heteroatoms. The maximum Gasteiger partial charge on any atom is 0.243 e. The van der Waals surface area contributed by atoms with E-state index >= 15 is 0 Å². The van der Waals surface area contributed by atoms with E-state index in [1.54, 1.807) is 69.2 Å². The molecule has 0 aliphatic rings. The summed E-state index contributed by atoms with van der Waals surface area (Å²) in [4.78, 5) is 279. The molecular weight excluding hydrogens is 1850 g/mol. The second kappa shape index (κ2) is 70.8. The molecule has 0 spiro atoms. The van der Waals surface area contributed by atoms with Gasteiger partial charge in [-0.25, -0.2) is 0 Å². The van der Waals surface area contributed by atoms with Crippen LogP contribution in [0.2, 0.25) is 0 Å². The van der Waals surface area contributed by atoms with Crippen LogP contribution in [0.4, 0.5) is 0 Å². The zero-order chi connectivity index (χ0) is 109. The fourth-order valence-electron chi connectivity index (χ4n) is 15.3. The molecule has 0 saturated carbocycles. The minimum absolute atomic E-state index is 0.00308. The number of primary amides is 1. The number of unbranched alkanes of at least 4 members (excludes halogenated alkanes) is 5. The van der Waals surface area contributed by atoms with Crippen LogP contribution in [0.15, 0.2) is 0 Å². The predicted molar refractivity (Wildman–Crippen MR) is 546 cm³/mol. The van der Waals surface area contributed by atoms with E-state index in [1.807, 2.05) is 41.5 Å². The molecule has 0 aliphatic carbocycles. The van der Waals surface area contributed by atoms with Crippen LogP contribution in [-0.2, 0) is 95.9 Å². The van der Waals surface area contributed by atoms with E-state index in [-0.39, 0.29) is 157 Å². The van der Waals surface area contributed by atoms with Crippen LogP contribution in [0.3, 0.4) is 0 Å². The van der Waals surface area contributed by atoms with Gasteiger partial charge in [-0.2, -0.15) is 0 Å². The van der Waals surface area contributed by atoms with Gasteiger partial charge in [0.15, 0.2) is 0 Å². The SMILES string of the molecule is CC(=O)N[C@@H](CCCCN)C(=O)N[C@@H](CC(C)C)C(=O)N[C@@H](C)C(=O)N[C@@H](CC(C)C)C(=O)N[C@@H](CCCCN)C(=O)N[C@@H](CC(C)C)C(=O)N[C@@H](C)C(=O)N[C@@H](CC(C)C)C(=O)N[C@@H](CCCCN)C(=O)N[C@@H](C)C(=O)NC(CC(C)C)C(=O)N[C@@H](CCCCN)C(=O)NC(CC(C)C)C(=O)N[C@@H](C)C(=O)N[C@@H](C)C(=O)N[C@@H](CC(C)C)C(=O)N[C@@H](CCCCN)C(=O)N[C@@H](CC(C)C)C(=O)N[C@@H](C)C(N)=O. The monoisotopic (exact) mass is 2030 g/mol. The molecule has 0 aromatic rings. The van der Waals surface area contributed by atoms with Crippen LogP contribution < -0.4 is 135 Å². The van der Waals surface area contributed by atoms with Crippen LogP contribution in [0.1, 0.15) is 307 Å². The number of nitrogens with one attached hydrogen (secondary N) is 19. The number of hydrogen-bond donors (Lipinski definition) is 25. The molecule has 0 fully saturated rings. The van der Waals surface area contributed by atoms with E-state index in [1.165, 1.54) is 48.5 Å². The average Bonchev–Trinajstić information content (AvgIpc) is 0.883. The molecule has 0 rings (SSSR count). The Labute approximate surface area is 847 Å². The van der Waals surface area contributed by atoms with Crippen molar-refractivity contribution in [3.8, 4) is 0 Å². The molecule has 0 radical (unpaired) electrons. The summed E-state index contributed by atoms with van der Waals surface area (Å²) in [5, 5.41) is 50.9. The van der Waals surface area contributed by atoms with Crippen LogP contribution in [0, 0.1) is 47.3 Å². The minimum atomic E-state index is -1.38. The van der Waals surface area contributed by atoms with Gasteiger partial charge in [-0.15, -0.1) is 0 Å². The summed E-state index contributed by atoms with van der Waals surface area (Å²) in [5.74, 6) is -16.6. The lowest BCUT2D eigenvalue weighted by Crippen LogP contribution is -2.60. The maximum atomic E-state index is 14.6. The Morgan fingerprint density at radius 1 is 0.161 bits per heavy atom. The smallest absolute Gasteiger partial charge is 0.243 e. The third kappa shape index (κ3) is 55.8. The van der Waals surface area contributed by atoms with Crippen molar-refractivity contribution in [3.05, 3.63) is 0 Å². The van der Waals surface area contributed by atoms with Crippen LogP contribution >= 0.6 is 0 Å². The topological polar surface area (TPSA) is 726 Å². The number of rotatable bonds is 74. The highest BCUT2D eigenvalue weighted by atomic mass is 16.2. The fraction of sp³-hybridized carbons (Fsp3) is 0.796. The van der Waals surface area contributed by atoms with E-state index in [0.717, 1.165) is 0 Å². The Balaban J connectivity index is 6.84. The van der Waals surface area contributed by atoms with Crippen molar-refractivity contribution in [1.82, 2.24) is 101 Å². The molecule has 19 atom stereocenters. The van der Waals surface area contributed by atoms with Gasteiger partial charge in [0.25, 0.3) is 0 Å². The minimum Gasteiger partial charge on any atom is -0.368 e. The molecule has 31 N–H and O–H groups in total. The summed E-state index contributed by atoms with van der Waals surface area (Å²) in [7, 11) is 0. The second-order valence-corrected chi connectivity index (χ2v) is 41.2. The summed E-state index contributed by atoms with van der Waals surface area (Å²) < 4.78 is 0. The van der Waals surface area contributed by atoms with Crippen molar-refractivity contribution in [2.75, 3.05) is 32.7 Å². The molecule has 2 unspecified atom stereocenters. The van der Waals surface area contributed by atoms with Gasteiger partial charge in [0.05, 0.1) is 0 Å². The van der Waals surface area contributed by atoms with E-state index in [9.17, 15) is 95.9 Å². The Hall–Kier alpha value is -10.8. The molecule has 820 valence electrons. The van der Waals surface area contributed by atoms with Crippen molar-refractivity contribution >= 4 is 118 Å². The molecule has 0 aromatic carbocycles. The van der Waals surface area contributed by atoms with Crippen molar-refractivity contribution in [3.63, 3.8) is 0 Å². The van der Waals surface area contributed by atoms with Gasteiger partial charge in [0.1, 0.15) is 115 Å². The van der Waals surface area contributed by atoms with Gasteiger partial charge in [0.2, 0.25) is 118 Å². The lowest BCUT2D eigenvalue weighted by molar-refractivity contribution is -0.136. The second-order valence-electron chi connectivity index (χ2n) is 41.2. The summed E-state index contributed by atoms with van der Waals surface area (Å²) in [6, 6.07) is -23.7. The van der Waals surface area contributed by atoms with Gasteiger partial charge >= 0.3 is 0 Å². The van der Waals surface area contributed by atoms with Crippen LogP contribution in [0.5, 0.6) is 0 Å². The van der Waals surface area contributed by atoms with Crippen molar-refractivity contribution in [2.24, 2.45) is 81.7 Å². The number of amides is 20. The maximum absolute atomic E-state index is 14.6. The van der Waals surface area contributed by atoms with E-state index in [4.69, 9.17) is 34.4 Å². The van der Waals surface area contributed by atoms with E-state index in [2.05, 4.69) is 101 Å². The van der Waals surface area contributed by atoms with Gasteiger partial charge in [-0.05, 0) is 269 Å². The first-order valence-corrected chi connectivity index (χ1v) is 51.4. The zero-order valence-electron chi connectivity index (χ0n) is 89.5. The Bertz CT molecular complexity index is 4020. The van der Waals surface area contributed by atoms with Gasteiger partial charge in [0, 0.05) is 6.92 Å².